The molecule has 1 aromatic heterocycles. The molecule has 0 amide bonds. The van der Waals surface area contributed by atoms with Crippen LogP contribution in [0.2, 0.25) is 0 Å². The lowest BCUT2D eigenvalue weighted by Crippen LogP contribution is -2.31. The van der Waals surface area contributed by atoms with E-state index in [-0.39, 0.29) is 23.9 Å². The predicted octanol–water partition coefficient (Wildman–Crippen LogP) is 0.673. The highest BCUT2D eigenvalue weighted by Gasteiger charge is 2.19. The van der Waals surface area contributed by atoms with E-state index in [1.165, 1.54) is 13.5 Å². The first-order chi connectivity index (χ1) is 8.26. The lowest BCUT2D eigenvalue weighted by Gasteiger charge is -2.27. The van der Waals surface area contributed by atoms with Gasteiger partial charge in [0.2, 0.25) is 11.7 Å². The van der Waals surface area contributed by atoms with E-state index in [0.717, 1.165) is 25.9 Å². The van der Waals surface area contributed by atoms with Crippen molar-refractivity contribution in [2.45, 2.75) is 25.9 Å². The van der Waals surface area contributed by atoms with E-state index in [1.54, 1.807) is 0 Å². The molecule has 0 spiro atoms. The molecule has 1 aromatic rings. The summed E-state index contributed by atoms with van der Waals surface area (Å²) in [6, 6.07) is 0. The number of anilines is 1. The Morgan fingerprint density at radius 1 is 1.24 bits per heavy atom. The zero-order chi connectivity index (χ0) is 12.3. The van der Waals surface area contributed by atoms with Crippen LogP contribution < -0.4 is 9.64 Å². The van der Waals surface area contributed by atoms with Crippen LogP contribution in [0.5, 0.6) is 11.6 Å². The van der Waals surface area contributed by atoms with E-state index in [1.807, 2.05) is 4.90 Å². The van der Waals surface area contributed by atoms with Crippen LogP contribution in [0.1, 0.15) is 25.0 Å². The minimum Gasteiger partial charge on any atom is -0.502 e. The third-order valence-corrected chi connectivity index (χ3v) is 2.89. The normalized spacial score (nSPS) is 16.0. The van der Waals surface area contributed by atoms with Gasteiger partial charge in [0.25, 0.3) is 5.88 Å². The minimum atomic E-state index is -0.328. The topological polar surface area (TPSA) is 78.7 Å². The van der Waals surface area contributed by atoms with Crippen molar-refractivity contribution in [3.8, 4) is 11.6 Å². The number of piperidine rings is 1. The molecule has 0 bridgehead atoms. The second-order valence-corrected chi connectivity index (χ2v) is 4.03. The van der Waals surface area contributed by atoms with E-state index in [2.05, 4.69) is 9.97 Å². The number of aliphatic hydroxyl groups is 1. The van der Waals surface area contributed by atoms with Gasteiger partial charge in [0.1, 0.15) is 5.69 Å². The summed E-state index contributed by atoms with van der Waals surface area (Å²) in [5.41, 5.74) is 0.206. The number of aromatic hydroxyl groups is 1. The highest BCUT2D eigenvalue weighted by atomic mass is 16.5. The molecule has 1 aliphatic rings. The van der Waals surface area contributed by atoms with E-state index in [0.29, 0.717) is 5.95 Å². The van der Waals surface area contributed by atoms with Crippen molar-refractivity contribution in [2.75, 3.05) is 25.1 Å². The number of hydrogen-bond donors (Lipinski definition) is 2. The molecule has 6 heteroatoms. The molecule has 0 radical (unpaired) electrons. The van der Waals surface area contributed by atoms with Crippen molar-refractivity contribution in [2.24, 2.45) is 0 Å². The number of hydrogen-bond acceptors (Lipinski definition) is 6. The molecule has 2 rings (SSSR count). The van der Waals surface area contributed by atoms with Crippen LogP contribution in [0.25, 0.3) is 0 Å². The number of nitrogens with zero attached hydrogens (tertiary/aromatic N) is 3. The molecular weight excluding hydrogens is 222 g/mol. The van der Waals surface area contributed by atoms with Gasteiger partial charge in [0.05, 0.1) is 13.7 Å². The zero-order valence-electron chi connectivity index (χ0n) is 9.89. The third kappa shape index (κ3) is 2.41. The Morgan fingerprint density at radius 3 is 2.53 bits per heavy atom. The van der Waals surface area contributed by atoms with Crippen LogP contribution in [0, 0.1) is 0 Å². The average Bonchev–Trinajstić information content (AvgIpc) is 2.40. The smallest absolute Gasteiger partial charge is 0.261 e. The highest BCUT2D eigenvalue weighted by Crippen LogP contribution is 2.29. The van der Waals surface area contributed by atoms with Gasteiger partial charge in [-0.05, 0) is 19.3 Å². The molecule has 17 heavy (non-hydrogen) atoms. The van der Waals surface area contributed by atoms with Crippen molar-refractivity contribution < 1.29 is 14.9 Å². The molecule has 1 fully saturated rings. The Morgan fingerprint density at radius 2 is 1.94 bits per heavy atom. The first-order valence-electron chi connectivity index (χ1n) is 5.76. The number of rotatable bonds is 3. The van der Waals surface area contributed by atoms with Gasteiger partial charge in [-0.2, -0.15) is 4.98 Å². The molecular formula is C11H17N3O3. The van der Waals surface area contributed by atoms with Crippen molar-refractivity contribution in [1.29, 1.82) is 0 Å². The lowest BCUT2D eigenvalue weighted by molar-refractivity contribution is 0.264. The molecule has 1 aliphatic heterocycles. The standard InChI is InChI=1S/C11H17N3O3/c1-17-10-9(16)8(7-15)12-11(13-10)14-5-3-2-4-6-14/h15-16H,2-7H2,1H3. The van der Waals surface area contributed by atoms with Crippen LogP contribution in [0.15, 0.2) is 0 Å². The predicted molar refractivity (Wildman–Crippen MR) is 62.2 cm³/mol. The van der Waals surface area contributed by atoms with Crippen LogP contribution in [-0.2, 0) is 6.61 Å². The fourth-order valence-electron chi connectivity index (χ4n) is 1.95. The largest absolute Gasteiger partial charge is 0.502 e. The maximum Gasteiger partial charge on any atom is 0.261 e. The monoisotopic (exact) mass is 239 g/mol. The van der Waals surface area contributed by atoms with E-state index >= 15 is 0 Å². The van der Waals surface area contributed by atoms with Gasteiger partial charge in [0.15, 0.2) is 0 Å². The van der Waals surface area contributed by atoms with E-state index in [9.17, 15) is 5.11 Å². The van der Waals surface area contributed by atoms with Crippen molar-refractivity contribution in [3.63, 3.8) is 0 Å². The van der Waals surface area contributed by atoms with Crippen molar-refractivity contribution in [1.82, 2.24) is 9.97 Å². The first-order valence-corrected chi connectivity index (χ1v) is 5.76. The maximum atomic E-state index is 9.68. The molecule has 6 nitrogen and oxygen atoms in total. The summed E-state index contributed by atoms with van der Waals surface area (Å²) in [5.74, 6) is 0.448. The van der Waals surface area contributed by atoms with Crippen LogP contribution in [-0.4, -0.2) is 40.4 Å². The summed E-state index contributed by atoms with van der Waals surface area (Å²) in [6.07, 6.45) is 3.45. The Bertz CT molecular complexity index is 367. The Balaban J connectivity index is 2.33. The molecule has 0 saturated carbocycles. The van der Waals surface area contributed by atoms with Gasteiger partial charge >= 0.3 is 0 Å². The van der Waals surface area contributed by atoms with Gasteiger partial charge in [-0.15, -0.1) is 0 Å². The Kier molecular flexibility index (Phi) is 3.63. The summed E-state index contributed by atoms with van der Waals surface area (Å²) in [7, 11) is 1.43. The molecule has 2 heterocycles. The zero-order valence-corrected chi connectivity index (χ0v) is 9.89. The summed E-state index contributed by atoms with van der Waals surface area (Å²) in [4.78, 5) is 10.4. The quantitative estimate of drug-likeness (QED) is 0.807. The van der Waals surface area contributed by atoms with Gasteiger partial charge in [-0.25, -0.2) is 4.98 Å². The molecule has 0 aliphatic carbocycles. The lowest BCUT2D eigenvalue weighted by atomic mass is 10.1. The molecule has 94 valence electrons. The molecule has 2 N–H and O–H groups in total. The van der Waals surface area contributed by atoms with Crippen molar-refractivity contribution in [3.05, 3.63) is 5.69 Å². The molecule has 0 atom stereocenters. The van der Waals surface area contributed by atoms with Crippen LogP contribution in [0.4, 0.5) is 5.95 Å². The maximum absolute atomic E-state index is 9.68. The SMILES string of the molecule is COc1nc(N2CCCCC2)nc(CO)c1O. The van der Waals surface area contributed by atoms with E-state index in [4.69, 9.17) is 9.84 Å². The summed E-state index contributed by atoms with van der Waals surface area (Å²) in [5, 5.41) is 18.8. The number of aliphatic hydroxyl groups excluding tert-OH is 1. The summed E-state index contributed by atoms with van der Waals surface area (Å²) < 4.78 is 4.98. The summed E-state index contributed by atoms with van der Waals surface area (Å²) >= 11 is 0. The number of methoxy groups -OCH3 is 1. The fourth-order valence-corrected chi connectivity index (χ4v) is 1.95. The minimum absolute atomic E-state index is 0.115. The van der Waals surface area contributed by atoms with Crippen LogP contribution in [0.3, 0.4) is 0 Å². The highest BCUT2D eigenvalue weighted by molar-refractivity contribution is 5.44. The average molecular weight is 239 g/mol. The van der Waals surface area contributed by atoms with Gasteiger partial charge in [-0.1, -0.05) is 0 Å². The van der Waals surface area contributed by atoms with Gasteiger partial charge in [0, 0.05) is 13.1 Å². The van der Waals surface area contributed by atoms with E-state index < -0.39 is 0 Å². The second-order valence-electron chi connectivity index (χ2n) is 4.03. The molecule has 0 unspecified atom stereocenters. The number of aromatic nitrogens is 2. The van der Waals surface area contributed by atoms with Crippen LogP contribution >= 0.6 is 0 Å². The number of ether oxygens (including phenoxy) is 1. The van der Waals surface area contributed by atoms with Gasteiger partial charge in [-0.3, -0.25) is 0 Å². The Labute approximate surface area is 99.9 Å². The van der Waals surface area contributed by atoms with Crippen molar-refractivity contribution >= 4 is 5.95 Å². The van der Waals surface area contributed by atoms with Gasteiger partial charge < -0.3 is 19.8 Å². The molecule has 1 saturated heterocycles. The molecule has 0 aromatic carbocycles. The third-order valence-electron chi connectivity index (χ3n) is 2.89. The second kappa shape index (κ2) is 5.18. The Hall–Kier alpha value is -1.56. The fraction of sp³-hybridized carbons (Fsp3) is 0.636. The summed E-state index contributed by atoms with van der Waals surface area (Å²) in [6.45, 7) is 1.48. The first kappa shape index (κ1) is 11.9.